The molecule has 4 nitrogen and oxygen atoms in total. The van der Waals surface area contributed by atoms with Crippen molar-refractivity contribution in [3.8, 4) is 5.75 Å². The summed E-state index contributed by atoms with van der Waals surface area (Å²) in [5, 5.41) is 0. The third kappa shape index (κ3) is 4.01. The van der Waals surface area contributed by atoms with Gasteiger partial charge in [-0.25, -0.2) is 9.79 Å². The summed E-state index contributed by atoms with van der Waals surface area (Å²) in [6.45, 7) is 2.01. The van der Waals surface area contributed by atoms with Gasteiger partial charge in [0.25, 0.3) is 0 Å². The van der Waals surface area contributed by atoms with Gasteiger partial charge in [-0.2, -0.15) is 0 Å². The maximum absolute atomic E-state index is 12.1. The molecule has 28 heavy (non-hydrogen) atoms. The zero-order valence-corrected chi connectivity index (χ0v) is 15.4. The normalized spacial score (nSPS) is 15.8. The molecule has 1 heterocycles. The Bertz CT molecular complexity index is 1020. The SMILES string of the molecule is C[C@@H](Oc1ccc(/C=C2\N=C(c3ccccc3)OC2=O)cc1)c1ccccc1. The zero-order valence-electron chi connectivity index (χ0n) is 15.4. The number of hydrogen-bond donors (Lipinski definition) is 0. The molecule has 1 aliphatic heterocycles. The van der Waals surface area contributed by atoms with Crippen molar-refractivity contribution in [2.24, 2.45) is 4.99 Å². The van der Waals surface area contributed by atoms with Crippen LogP contribution in [0.15, 0.2) is 95.6 Å². The van der Waals surface area contributed by atoms with E-state index in [9.17, 15) is 4.79 Å². The average Bonchev–Trinajstić information content (AvgIpc) is 3.11. The second kappa shape index (κ2) is 7.92. The Morgan fingerprint density at radius 2 is 1.54 bits per heavy atom. The molecule has 4 heteroatoms. The molecule has 0 bridgehead atoms. The van der Waals surface area contributed by atoms with Gasteiger partial charge in [0.1, 0.15) is 11.9 Å². The first-order valence-electron chi connectivity index (χ1n) is 9.09. The van der Waals surface area contributed by atoms with E-state index in [1.807, 2.05) is 91.9 Å². The maximum atomic E-state index is 12.1. The lowest BCUT2D eigenvalue weighted by molar-refractivity contribution is -0.129. The van der Waals surface area contributed by atoms with Crippen molar-refractivity contribution in [3.63, 3.8) is 0 Å². The van der Waals surface area contributed by atoms with Crippen LogP contribution in [-0.2, 0) is 9.53 Å². The molecule has 0 aliphatic carbocycles. The van der Waals surface area contributed by atoms with Crippen molar-refractivity contribution in [2.75, 3.05) is 0 Å². The fourth-order valence-electron chi connectivity index (χ4n) is 2.91. The molecule has 1 atom stereocenters. The van der Waals surface area contributed by atoms with Gasteiger partial charge in [-0.1, -0.05) is 60.7 Å². The number of rotatable bonds is 5. The van der Waals surface area contributed by atoms with Crippen LogP contribution < -0.4 is 4.74 Å². The van der Waals surface area contributed by atoms with Crippen LogP contribution in [0, 0.1) is 0 Å². The van der Waals surface area contributed by atoms with E-state index in [4.69, 9.17) is 9.47 Å². The van der Waals surface area contributed by atoms with Crippen LogP contribution in [0.4, 0.5) is 0 Å². The molecule has 0 radical (unpaired) electrons. The number of hydrogen-bond acceptors (Lipinski definition) is 4. The molecule has 3 aromatic rings. The largest absolute Gasteiger partial charge is 0.486 e. The van der Waals surface area contributed by atoms with Crippen LogP contribution in [0.2, 0.25) is 0 Å². The lowest BCUT2D eigenvalue weighted by atomic mass is 10.1. The van der Waals surface area contributed by atoms with Crippen LogP contribution in [0.1, 0.15) is 29.7 Å². The number of carbonyl (C=O) groups excluding carboxylic acids is 1. The van der Waals surface area contributed by atoms with Gasteiger partial charge in [0.05, 0.1) is 0 Å². The van der Waals surface area contributed by atoms with Gasteiger partial charge in [0.15, 0.2) is 5.70 Å². The van der Waals surface area contributed by atoms with E-state index >= 15 is 0 Å². The highest BCUT2D eigenvalue weighted by Gasteiger charge is 2.23. The van der Waals surface area contributed by atoms with E-state index < -0.39 is 5.97 Å². The van der Waals surface area contributed by atoms with E-state index in [0.717, 1.165) is 22.4 Å². The highest BCUT2D eigenvalue weighted by atomic mass is 16.6. The Kier molecular flexibility index (Phi) is 5.02. The molecule has 0 saturated heterocycles. The Labute approximate surface area is 163 Å². The fraction of sp³-hybridized carbons (Fsp3) is 0.0833. The molecule has 1 aliphatic rings. The highest BCUT2D eigenvalue weighted by Crippen LogP contribution is 2.24. The van der Waals surface area contributed by atoms with Crippen LogP contribution in [-0.4, -0.2) is 11.9 Å². The van der Waals surface area contributed by atoms with Crippen LogP contribution in [0.3, 0.4) is 0 Å². The van der Waals surface area contributed by atoms with Crippen LogP contribution in [0.5, 0.6) is 5.75 Å². The third-order valence-corrected chi connectivity index (χ3v) is 4.41. The van der Waals surface area contributed by atoms with E-state index in [1.54, 1.807) is 6.08 Å². The minimum absolute atomic E-state index is 0.0479. The van der Waals surface area contributed by atoms with Crippen molar-refractivity contribution >= 4 is 17.9 Å². The summed E-state index contributed by atoms with van der Waals surface area (Å²) in [7, 11) is 0. The summed E-state index contributed by atoms with van der Waals surface area (Å²) in [4.78, 5) is 16.4. The second-order valence-electron chi connectivity index (χ2n) is 6.44. The maximum Gasteiger partial charge on any atom is 0.363 e. The number of ether oxygens (including phenoxy) is 2. The van der Waals surface area contributed by atoms with E-state index in [1.165, 1.54) is 0 Å². The van der Waals surface area contributed by atoms with Crippen LogP contribution in [0.25, 0.3) is 6.08 Å². The van der Waals surface area contributed by atoms with Crippen LogP contribution >= 0.6 is 0 Å². The number of aliphatic imine (C=N–C) groups is 1. The number of nitrogens with zero attached hydrogens (tertiary/aromatic N) is 1. The number of benzene rings is 3. The monoisotopic (exact) mass is 369 g/mol. The molecule has 0 fully saturated rings. The van der Waals surface area contributed by atoms with E-state index in [2.05, 4.69) is 4.99 Å². The van der Waals surface area contributed by atoms with Gasteiger partial charge in [0, 0.05) is 5.56 Å². The Balaban J connectivity index is 1.48. The predicted octanol–water partition coefficient (Wildman–Crippen LogP) is 5.17. The van der Waals surface area contributed by atoms with Crippen molar-refractivity contribution in [2.45, 2.75) is 13.0 Å². The number of cyclic esters (lactones) is 1. The van der Waals surface area contributed by atoms with Gasteiger partial charge in [-0.3, -0.25) is 0 Å². The summed E-state index contributed by atoms with van der Waals surface area (Å²) >= 11 is 0. The Morgan fingerprint density at radius 3 is 2.21 bits per heavy atom. The summed E-state index contributed by atoms with van der Waals surface area (Å²) in [5.41, 5.74) is 3.03. The first kappa shape index (κ1) is 17.7. The zero-order chi connectivity index (χ0) is 19.3. The first-order chi connectivity index (χ1) is 13.7. The molecule has 0 spiro atoms. The van der Waals surface area contributed by atoms with Gasteiger partial charge >= 0.3 is 5.97 Å². The first-order valence-corrected chi connectivity index (χ1v) is 9.09. The summed E-state index contributed by atoms with van der Waals surface area (Å²) in [6.07, 6.45) is 1.66. The van der Waals surface area contributed by atoms with Gasteiger partial charge in [0.2, 0.25) is 5.90 Å². The minimum Gasteiger partial charge on any atom is -0.486 e. The fourth-order valence-corrected chi connectivity index (χ4v) is 2.91. The van der Waals surface area contributed by atoms with Gasteiger partial charge < -0.3 is 9.47 Å². The van der Waals surface area contributed by atoms with E-state index in [0.29, 0.717) is 5.90 Å². The summed E-state index contributed by atoms with van der Waals surface area (Å²) in [6, 6.07) is 27.0. The second-order valence-corrected chi connectivity index (χ2v) is 6.44. The van der Waals surface area contributed by atoms with Gasteiger partial charge in [-0.15, -0.1) is 0 Å². The molecule has 138 valence electrons. The summed E-state index contributed by atoms with van der Waals surface area (Å²) in [5.74, 6) is 0.645. The smallest absolute Gasteiger partial charge is 0.363 e. The molecule has 0 N–H and O–H groups in total. The van der Waals surface area contributed by atoms with E-state index in [-0.39, 0.29) is 11.8 Å². The van der Waals surface area contributed by atoms with Crippen molar-refractivity contribution in [3.05, 3.63) is 107 Å². The molecule has 0 saturated carbocycles. The molecule has 4 rings (SSSR count). The molecular formula is C24H19NO3. The van der Waals surface area contributed by atoms with Crippen molar-refractivity contribution < 1.29 is 14.3 Å². The van der Waals surface area contributed by atoms with Crippen molar-refractivity contribution in [1.29, 1.82) is 0 Å². The predicted molar refractivity (Wildman–Crippen MR) is 109 cm³/mol. The Hall–Kier alpha value is -3.66. The molecule has 0 amide bonds. The highest BCUT2D eigenvalue weighted by molar-refractivity contribution is 6.12. The molecule has 3 aromatic carbocycles. The quantitative estimate of drug-likeness (QED) is 0.460. The lowest BCUT2D eigenvalue weighted by Crippen LogP contribution is -2.04. The van der Waals surface area contributed by atoms with Gasteiger partial charge in [-0.05, 0) is 48.4 Å². The average molecular weight is 369 g/mol. The molecular weight excluding hydrogens is 350 g/mol. The number of carbonyl (C=O) groups is 1. The third-order valence-electron chi connectivity index (χ3n) is 4.41. The molecule has 0 aromatic heterocycles. The lowest BCUT2D eigenvalue weighted by Gasteiger charge is -2.15. The van der Waals surface area contributed by atoms with Crippen molar-refractivity contribution in [1.82, 2.24) is 0 Å². The number of esters is 1. The summed E-state index contributed by atoms with van der Waals surface area (Å²) < 4.78 is 11.3. The molecule has 0 unspecified atom stereocenters. The Morgan fingerprint density at radius 1 is 0.893 bits per heavy atom. The topological polar surface area (TPSA) is 47.9 Å². The standard InChI is InChI=1S/C24H19NO3/c1-17(19-8-4-2-5-9-19)27-21-14-12-18(13-15-21)16-22-24(26)28-23(25-22)20-10-6-3-7-11-20/h2-17H,1H3/b22-16-/t17-/m1/s1. The minimum atomic E-state index is -0.447.